The highest BCUT2D eigenvalue weighted by Crippen LogP contribution is 2.55. The molecule has 21 heavy (non-hydrogen) atoms. The monoisotopic (exact) mass is 305 g/mol. The highest BCUT2D eigenvalue weighted by Gasteiger charge is 2.53. The van der Waals surface area contributed by atoms with Gasteiger partial charge in [0.15, 0.2) is 0 Å². The summed E-state index contributed by atoms with van der Waals surface area (Å²) in [6.45, 7) is 4.66. The third kappa shape index (κ3) is 2.58. The first-order valence-electron chi connectivity index (χ1n) is 7.24. The number of rotatable bonds is 5. The second kappa shape index (κ2) is 5.11. The van der Waals surface area contributed by atoms with Gasteiger partial charge < -0.3 is 5.11 Å². The van der Waals surface area contributed by atoms with E-state index in [0.717, 1.165) is 5.56 Å². The van der Waals surface area contributed by atoms with Crippen LogP contribution in [0.1, 0.15) is 32.3 Å². The van der Waals surface area contributed by atoms with E-state index in [4.69, 9.17) is 11.6 Å². The summed E-state index contributed by atoms with van der Waals surface area (Å²) in [6, 6.07) is 7.46. The number of halogens is 1. The zero-order valence-electron chi connectivity index (χ0n) is 12.3. The van der Waals surface area contributed by atoms with Crippen molar-refractivity contribution in [3.05, 3.63) is 47.5 Å². The zero-order chi connectivity index (χ0) is 15.1. The van der Waals surface area contributed by atoms with Crippen LogP contribution in [0.5, 0.6) is 0 Å². The van der Waals surface area contributed by atoms with Crippen LogP contribution in [0.15, 0.2) is 36.9 Å². The molecule has 1 aromatic carbocycles. The molecule has 5 heteroatoms. The molecular weight excluding hydrogens is 286 g/mol. The van der Waals surface area contributed by atoms with Gasteiger partial charge in [0.05, 0.1) is 6.54 Å². The van der Waals surface area contributed by atoms with Crippen LogP contribution in [0.25, 0.3) is 0 Å². The molecule has 1 N–H and O–H groups in total. The molecule has 1 unspecified atom stereocenters. The quantitative estimate of drug-likeness (QED) is 0.922. The molecule has 0 saturated heterocycles. The standard InChI is InChI=1S/C16H20ClN3O/c1-15(2,12-3-4-12)16(21,9-20-11-18-10-19-20)13-5-7-14(17)8-6-13/h5-8,10-12,21H,3-4,9H2,1-2H3. The average molecular weight is 306 g/mol. The minimum atomic E-state index is -1.01. The van der Waals surface area contributed by atoms with Gasteiger partial charge in [0, 0.05) is 10.4 Å². The van der Waals surface area contributed by atoms with E-state index in [1.165, 1.54) is 19.2 Å². The van der Waals surface area contributed by atoms with Gasteiger partial charge >= 0.3 is 0 Å². The Hall–Kier alpha value is -1.39. The van der Waals surface area contributed by atoms with E-state index in [2.05, 4.69) is 23.9 Å². The first-order chi connectivity index (χ1) is 9.93. The summed E-state index contributed by atoms with van der Waals surface area (Å²) in [5.74, 6) is 0.529. The lowest BCUT2D eigenvalue weighted by atomic mass is 9.67. The smallest absolute Gasteiger partial charge is 0.137 e. The number of hydrogen-bond acceptors (Lipinski definition) is 3. The highest BCUT2D eigenvalue weighted by atomic mass is 35.5. The van der Waals surface area contributed by atoms with Gasteiger partial charge in [0.25, 0.3) is 0 Å². The van der Waals surface area contributed by atoms with Crippen LogP contribution in [0, 0.1) is 11.3 Å². The van der Waals surface area contributed by atoms with E-state index in [9.17, 15) is 5.11 Å². The maximum atomic E-state index is 11.6. The Morgan fingerprint density at radius 1 is 1.29 bits per heavy atom. The summed E-state index contributed by atoms with van der Waals surface area (Å²) in [7, 11) is 0. The van der Waals surface area contributed by atoms with E-state index >= 15 is 0 Å². The summed E-state index contributed by atoms with van der Waals surface area (Å²) in [5.41, 5.74) is -0.376. The van der Waals surface area contributed by atoms with E-state index in [1.54, 1.807) is 11.0 Å². The molecule has 1 fully saturated rings. The summed E-state index contributed by atoms with van der Waals surface area (Å²) in [5, 5.41) is 16.4. The van der Waals surface area contributed by atoms with Crippen LogP contribution < -0.4 is 0 Å². The summed E-state index contributed by atoms with van der Waals surface area (Å²) < 4.78 is 1.69. The molecule has 1 aromatic heterocycles. The van der Waals surface area contributed by atoms with Crippen LogP contribution in [0.2, 0.25) is 5.02 Å². The molecule has 4 nitrogen and oxygen atoms in total. The van der Waals surface area contributed by atoms with Crippen LogP contribution in [0.3, 0.4) is 0 Å². The fraction of sp³-hybridized carbons (Fsp3) is 0.500. The fourth-order valence-electron chi connectivity index (χ4n) is 3.08. The SMILES string of the molecule is CC(C)(C1CC1)C(O)(Cn1cncn1)c1ccc(Cl)cc1. The molecule has 1 saturated carbocycles. The van der Waals surface area contributed by atoms with Crippen molar-refractivity contribution in [3.8, 4) is 0 Å². The van der Waals surface area contributed by atoms with Crippen molar-refractivity contribution in [2.45, 2.75) is 38.8 Å². The molecule has 0 radical (unpaired) electrons. The normalized spacial score (nSPS) is 18.5. The Morgan fingerprint density at radius 2 is 1.95 bits per heavy atom. The minimum absolute atomic E-state index is 0.243. The average Bonchev–Trinajstić information content (AvgIpc) is 3.20. The van der Waals surface area contributed by atoms with Gasteiger partial charge in [-0.2, -0.15) is 5.10 Å². The Morgan fingerprint density at radius 3 is 2.48 bits per heavy atom. The predicted octanol–water partition coefficient (Wildman–Crippen LogP) is 3.26. The summed E-state index contributed by atoms with van der Waals surface area (Å²) in [6.07, 6.45) is 5.47. The second-order valence-electron chi connectivity index (χ2n) is 6.46. The van der Waals surface area contributed by atoms with Gasteiger partial charge in [-0.05, 0) is 36.5 Å². The molecule has 0 bridgehead atoms. The molecule has 1 aliphatic carbocycles. The number of benzene rings is 1. The van der Waals surface area contributed by atoms with E-state index < -0.39 is 5.60 Å². The number of hydrogen-bond donors (Lipinski definition) is 1. The maximum absolute atomic E-state index is 11.6. The minimum Gasteiger partial charge on any atom is -0.383 e. The molecule has 0 aliphatic heterocycles. The van der Waals surface area contributed by atoms with Crippen LogP contribution >= 0.6 is 11.6 Å². The van der Waals surface area contributed by atoms with Crippen molar-refractivity contribution in [3.63, 3.8) is 0 Å². The van der Waals surface area contributed by atoms with Crippen molar-refractivity contribution < 1.29 is 5.11 Å². The van der Waals surface area contributed by atoms with Gasteiger partial charge in [-0.25, -0.2) is 9.67 Å². The molecule has 1 atom stereocenters. The second-order valence-corrected chi connectivity index (χ2v) is 6.89. The molecule has 0 spiro atoms. The van der Waals surface area contributed by atoms with Gasteiger partial charge in [0.2, 0.25) is 0 Å². The molecule has 0 amide bonds. The van der Waals surface area contributed by atoms with E-state index in [0.29, 0.717) is 17.5 Å². The largest absolute Gasteiger partial charge is 0.383 e. The maximum Gasteiger partial charge on any atom is 0.137 e. The van der Waals surface area contributed by atoms with Crippen LogP contribution in [0.4, 0.5) is 0 Å². The van der Waals surface area contributed by atoms with Gasteiger partial charge in [-0.3, -0.25) is 0 Å². The molecule has 1 heterocycles. The van der Waals surface area contributed by atoms with Crippen molar-refractivity contribution in [1.29, 1.82) is 0 Å². The van der Waals surface area contributed by atoms with Gasteiger partial charge in [-0.15, -0.1) is 0 Å². The topological polar surface area (TPSA) is 50.9 Å². The summed E-state index contributed by atoms with van der Waals surface area (Å²) >= 11 is 5.98. The molecule has 112 valence electrons. The van der Waals surface area contributed by atoms with Crippen LogP contribution in [-0.2, 0) is 12.1 Å². The highest BCUT2D eigenvalue weighted by molar-refractivity contribution is 6.30. The zero-order valence-corrected chi connectivity index (χ0v) is 13.1. The van der Waals surface area contributed by atoms with Crippen molar-refractivity contribution in [1.82, 2.24) is 14.8 Å². The lowest BCUT2D eigenvalue weighted by Gasteiger charge is -2.43. The number of nitrogens with zero attached hydrogens (tertiary/aromatic N) is 3. The summed E-state index contributed by atoms with van der Waals surface area (Å²) in [4.78, 5) is 3.98. The Bertz CT molecular complexity index is 605. The van der Waals surface area contributed by atoms with E-state index in [1.807, 2.05) is 24.3 Å². The molecule has 3 rings (SSSR count). The lowest BCUT2D eigenvalue weighted by molar-refractivity contribution is -0.101. The van der Waals surface area contributed by atoms with Crippen molar-refractivity contribution in [2.75, 3.05) is 0 Å². The lowest BCUT2D eigenvalue weighted by Crippen LogP contribution is -2.47. The number of aliphatic hydroxyl groups is 1. The van der Waals surface area contributed by atoms with Gasteiger partial charge in [-0.1, -0.05) is 37.6 Å². The van der Waals surface area contributed by atoms with E-state index in [-0.39, 0.29) is 5.41 Å². The van der Waals surface area contributed by atoms with Crippen LogP contribution in [-0.4, -0.2) is 19.9 Å². The Labute approximate surface area is 129 Å². The van der Waals surface area contributed by atoms with Crippen molar-refractivity contribution in [2.24, 2.45) is 11.3 Å². The molecule has 1 aliphatic rings. The third-order valence-corrected chi connectivity index (χ3v) is 5.10. The van der Waals surface area contributed by atoms with Gasteiger partial charge in [0.1, 0.15) is 18.3 Å². The first kappa shape index (κ1) is 14.5. The predicted molar refractivity (Wildman–Crippen MR) is 81.9 cm³/mol. The third-order valence-electron chi connectivity index (χ3n) is 4.84. The Balaban J connectivity index is 2.03. The first-order valence-corrected chi connectivity index (χ1v) is 7.62. The fourth-order valence-corrected chi connectivity index (χ4v) is 3.21. The number of aromatic nitrogens is 3. The van der Waals surface area contributed by atoms with Crippen molar-refractivity contribution >= 4 is 11.6 Å². The molecular formula is C16H20ClN3O. The molecule has 2 aromatic rings. The Kier molecular flexibility index (Phi) is 3.54.